The number of aromatic hydroxyl groups is 2. The minimum absolute atomic E-state index is 0.158. The molecule has 0 aliphatic carbocycles. The number of rotatable bonds is 4. The number of para-hydroxylation sites is 1. The molecule has 1 amide bonds. The van der Waals surface area contributed by atoms with Gasteiger partial charge in [0, 0.05) is 12.0 Å². The molecule has 0 bridgehead atoms. The fourth-order valence-electron chi connectivity index (χ4n) is 3.96. The summed E-state index contributed by atoms with van der Waals surface area (Å²) in [5, 5.41) is 26.4. The zero-order valence-electron chi connectivity index (χ0n) is 18.3. The number of methoxy groups -OCH3 is 1. The molecule has 2 heterocycles. The van der Waals surface area contributed by atoms with Crippen LogP contribution in [0.4, 0.5) is 4.79 Å². The van der Waals surface area contributed by atoms with Gasteiger partial charge in [-0.3, -0.25) is 4.79 Å². The van der Waals surface area contributed by atoms with Gasteiger partial charge in [0.2, 0.25) is 0 Å². The fraction of sp³-hybridized carbons (Fsp3) is 0.115. The summed E-state index contributed by atoms with van der Waals surface area (Å²) in [6.45, 7) is 0. The highest BCUT2D eigenvalue weighted by Crippen LogP contribution is 2.41. The Labute approximate surface area is 200 Å². The molecular formula is C26H21N3O4S. The SMILES string of the molecule is COc1ccc(C2=NN(C3=NC(=O)S/C3=C\c3ccc(O)cc3)C(c3ccccc3O)C2)cc1. The summed E-state index contributed by atoms with van der Waals surface area (Å²) >= 11 is 1.03. The maximum Gasteiger partial charge on any atom is 0.311 e. The van der Waals surface area contributed by atoms with E-state index in [1.54, 1.807) is 48.5 Å². The second-order valence-corrected chi connectivity index (χ2v) is 8.80. The number of carbonyl (C=O) groups excluding carboxylic acids is 1. The van der Waals surface area contributed by atoms with Crippen molar-refractivity contribution in [3.05, 3.63) is 94.4 Å². The second-order valence-electron chi connectivity index (χ2n) is 7.80. The number of phenolic OH excluding ortho intramolecular Hbond substituents is 2. The Bertz CT molecular complexity index is 1330. The molecule has 0 saturated heterocycles. The van der Waals surface area contributed by atoms with Gasteiger partial charge in [0.1, 0.15) is 17.2 Å². The average molecular weight is 472 g/mol. The summed E-state index contributed by atoms with van der Waals surface area (Å²) in [5.41, 5.74) is 3.25. The van der Waals surface area contributed by atoms with E-state index >= 15 is 0 Å². The van der Waals surface area contributed by atoms with Crippen molar-refractivity contribution < 1.29 is 19.7 Å². The molecule has 0 spiro atoms. The molecule has 0 saturated carbocycles. The number of nitrogens with zero attached hydrogens (tertiary/aromatic N) is 3. The van der Waals surface area contributed by atoms with Gasteiger partial charge in [0.25, 0.3) is 0 Å². The van der Waals surface area contributed by atoms with E-state index in [9.17, 15) is 15.0 Å². The first-order chi connectivity index (χ1) is 16.5. The standard InChI is InChI=1S/C26H21N3O4S/c1-33-19-12-8-17(9-13-19)21-15-22(20-4-2-3-5-23(20)31)29(28-21)25-24(34-26(32)27-25)14-16-6-10-18(30)11-7-16/h2-14,22,30-31H,15H2,1H3/b24-14-. The Kier molecular flexibility index (Phi) is 5.81. The van der Waals surface area contributed by atoms with Crippen molar-refractivity contribution in [2.24, 2.45) is 10.1 Å². The van der Waals surface area contributed by atoms with Crippen LogP contribution in [0.1, 0.15) is 29.2 Å². The van der Waals surface area contributed by atoms with Crippen molar-refractivity contribution >= 4 is 34.6 Å². The van der Waals surface area contributed by atoms with Gasteiger partial charge < -0.3 is 14.9 Å². The van der Waals surface area contributed by atoms with Crippen LogP contribution in [0.15, 0.2) is 87.8 Å². The quantitative estimate of drug-likeness (QED) is 0.517. The van der Waals surface area contributed by atoms with Crippen LogP contribution in [0.3, 0.4) is 0 Å². The lowest BCUT2D eigenvalue weighted by Gasteiger charge is -2.24. The van der Waals surface area contributed by atoms with Crippen LogP contribution in [0.2, 0.25) is 0 Å². The molecule has 2 aliphatic rings. The summed E-state index contributed by atoms with van der Waals surface area (Å²) in [6, 6.07) is 21.1. The molecule has 2 N–H and O–H groups in total. The van der Waals surface area contributed by atoms with Crippen LogP contribution in [0.5, 0.6) is 17.2 Å². The predicted octanol–water partition coefficient (Wildman–Crippen LogP) is 5.56. The van der Waals surface area contributed by atoms with Crippen molar-refractivity contribution in [2.75, 3.05) is 7.11 Å². The average Bonchev–Trinajstić information content (AvgIpc) is 3.44. The van der Waals surface area contributed by atoms with E-state index < -0.39 is 0 Å². The van der Waals surface area contributed by atoms with E-state index in [0.29, 0.717) is 22.7 Å². The summed E-state index contributed by atoms with van der Waals surface area (Å²) in [6.07, 6.45) is 2.37. The minimum atomic E-state index is -0.341. The van der Waals surface area contributed by atoms with Crippen molar-refractivity contribution in [3.63, 3.8) is 0 Å². The molecule has 7 nitrogen and oxygen atoms in total. The zero-order valence-corrected chi connectivity index (χ0v) is 19.1. The van der Waals surface area contributed by atoms with Gasteiger partial charge >= 0.3 is 5.24 Å². The highest BCUT2D eigenvalue weighted by atomic mass is 32.2. The molecule has 8 heteroatoms. The number of ether oxygens (including phenoxy) is 1. The van der Waals surface area contributed by atoms with Crippen molar-refractivity contribution in [1.29, 1.82) is 0 Å². The van der Waals surface area contributed by atoms with Gasteiger partial charge in [-0.25, -0.2) is 5.01 Å². The number of carbonyl (C=O) groups is 1. The Morgan fingerprint density at radius 3 is 2.47 bits per heavy atom. The van der Waals surface area contributed by atoms with Gasteiger partial charge in [-0.1, -0.05) is 30.3 Å². The number of phenols is 2. The molecule has 3 aromatic rings. The maximum atomic E-state index is 12.4. The molecule has 0 radical (unpaired) electrons. The van der Waals surface area contributed by atoms with Gasteiger partial charge in [-0.05, 0) is 71.4 Å². The van der Waals surface area contributed by atoms with Gasteiger partial charge in [-0.15, -0.1) is 0 Å². The third kappa shape index (κ3) is 4.27. The molecule has 2 aliphatic heterocycles. The zero-order chi connectivity index (χ0) is 23.7. The molecule has 1 atom stereocenters. The lowest BCUT2D eigenvalue weighted by Crippen LogP contribution is -2.26. The molecule has 0 fully saturated rings. The van der Waals surface area contributed by atoms with E-state index in [1.807, 2.05) is 42.5 Å². The molecule has 34 heavy (non-hydrogen) atoms. The van der Waals surface area contributed by atoms with Crippen LogP contribution in [0, 0.1) is 0 Å². The first kappa shape index (κ1) is 21.8. The van der Waals surface area contributed by atoms with E-state index in [1.165, 1.54) is 0 Å². The lowest BCUT2D eigenvalue weighted by molar-refractivity contribution is 0.267. The Morgan fingerprint density at radius 1 is 1.03 bits per heavy atom. The third-order valence-electron chi connectivity index (χ3n) is 5.65. The Morgan fingerprint density at radius 2 is 1.76 bits per heavy atom. The van der Waals surface area contributed by atoms with E-state index in [-0.39, 0.29) is 22.8 Å². The van der Waals surface area contributed by atoms with Crippen LogP contribution < -0.4 is 4.74 Å². The van der Waals surface area contributed by atoms with Crippen molar-refractivity contribution in [3.8, 4) is 17.2 Å². The number of aliphatic imine (C=N–C) groups is 1. The van der Waals surface area contributed by atoms with E-state index in [2.05, 4.69) is 4.99 Å². The number of amidine groups is 1. The number of thioether (sulfide) groups is 1. The molecule has 170 valence electrons. The monoisotopic (exact) mass is 471 g/mol. The van der Waals surface area contributed by atoms with Crippen LogP contribution in [-0.4, -0.2) is 39.1 Å². The molecular weight excluding hydrogens is 450 g/mol. The summed E-state index contributed by atoms with van der Waals surface area (Å²) in [7, 11) is 1.62. The number of hydrogen-bond donors (Lipinski definition) is 2. The van der Waals surface area contributed by atoms with Crippen molar-refractivity contribution in [2.45, 2.75) is 12.5 Å². The third-order valence-corrected chi connectivity index (χ3v) is 6.44. The van der Waals surface area contributed by atoms with Crippen LogP contribution >= 0.6 is 11.8 Å². The van der Waals surface area contributed by atoms with Crippen LogP contribution in [0.25, 0.3) is 6.08 Å². The van der Waals surface area contributed by atoms with Crippen LogP contribution in [-0.2, 0) is 0 Å². The number of hydrogen-bond acceptors (Lipinski definition) is 7. The fourth-order valence-corrected chi connectivity index (χ4v) is 4.71. The number of amides is 1. The summed E-state index contributed by atoms with van der Waals surface area (Å²) in [4.78, 5) is 17.3. The van der Waals surface area contributed by atoms with Gasteiger partial charge in [0.15, 0.2) is 5.84 Å². The van der Waals surface area contributed by atoms with Gasteiger partial charge in [0.05, 0.1) is 23.8 Å². The van der Waals surface area contributed by atoms with E-state index in [0.717, 1.165) is 34.3 Å². The first-order valence-electron chi connectivity index (χ1n) is 10.6. The number of hydrazone groups is 1. The van der Waals surface area contributed by atoms with E-state index in [4.69, 9.17) is 9.84 Å². The highest BCUT2D eigenvalue weighted by molar-refractivity contribution is 8.18. The summed E-state index contributed by atoms with van der Waals surface area (Å²) < 4.78 is 5.26. The maximum absolute atomic E-state index is 12.4. The largest absolute Gasteiger partial charge is 0.508 e. The van der Waals surface area contributed by atoms with Crippen molar-refractivity contribution in [1.82, 2.24) is 5.01 Å². The molecule has 1 unspecified atom stereocenters. The minimum Gasteiger partial charge on any atom is -0.508 e. The Hall–Kier alpha value is -4.04. The Balaban J connectivity index is 1.57. The smallest absolute Gasteiger partial charge is 0.311 e. The number of benzene rings is 3. The lowest BCUT2D eigenvalue weighted by atomic mass is 9.97. The molecule has 5 rings (SSSR count). The topological polar surface area (TPSA) is 94.7 Å². The highest BCUT2D eigenvalue weighted by Gasteiger charge is 2.37. The normalized spacial score (nSPS) is 18.9. The molecule has 0 aromatic heterocycles. The molecule has 3 aromatic carbocycles. The second kappa shape index (κ2) is 9.07. The van der Waals surface area contributed by atoms with Gasteiger partial charge in [-0.2, -0.15) is 10.1 Å². The first-order valence-corrected chi connectivity index (χ1v) is 11.4. The summed E-state index contributed by atoms with van der Waals surface area (Å²) in [5.74, 6) is 1.50. The predicted molar refractivity (Wildman–Crippen MR) is 133 cm³/mol.